The number of benzene rings is 8. The molecule has 10 aromatic rings. The quantitative estimate of drug-likeness (QED) is 0.163. The second kappa shape index (κ2) is 15.4. The lowest BCUT2D eigenvalue weighted by Gasteiger charge is -2.43. The summed E-state index contributed by atoms with van der Waals surface area (Å²) in [6, 6.07) is 57.6. The first kappa shape index (κ1) is 45.8. The van der Waals surface area contributed by atoms with Crippen molar-refractivity contribution in [1.29, 1.82) is 0 Å². The first-order chi connectivity index (χ1) is 35.3. The zero-order valence-electron chi connectivity index (χ0n) is 45.3. The third kappa shape index (κ3) is 6.50. The van der Waals surface area contributed by atoms with Crippen molar-refractivity contribution in [2.24, 2.45) is 0 Å². The number of fused-ring (bicyclic) bond motifs is 14. The van der Waals surface area contributed by atoms with Gasteiger partial charge < -0.3 is 14.4 Å². The predicted molar refractivity (Wildman–Crippen MR) is 321 cm³/mol. The molecule has 0 atom stereocenters. The van der Waals surface area contributed by atoms with Gasteiger partial charge in [0.2, 0.25) is 0 Å². The van der Waals surface area contributed by atoms with E-state index < -0.39 is 0 Å². The van der Waals surface area contributed by atoms with Crippen LogP contribution in [0.2, 0.25) is 0 Å². The first-order valence-corrected chi connectivity index (χ1v) is 28.0. The molecule has 2 aliphatic heterocycles. The topological polar surface area (TPSA) is 11.4 Å². The van der Waals surface area contributed by atoms with Crippen molar-refractivity contribution in [3.8, 4) is 22.3 Å². The van der Waals surface area contributed by atoms with Gasteiger partial charge in [-0.3, -0.25) is 0 Å². The van der Waals surface area contributed by atoms with Crippen LogP contribution in [0, 0.1) is 6.92 Å². The summed E-state index contributed by atoms with van der Waals surface area (Å²) in [6.45, 7) is 28.3. The van der Waals surface area contributed by atoms with Gasteiger partial charge >= 0.3 is 0 Å². The van der Waals surface area contributed by atoms with E-state index in [4.69, 9.17) is 0 Å². The lowest BCUT2D eigenvalue weighted by molar-refractivity contribution is 0.423. The van der Waals surface area contributed by atoms with Crippen molar-refractivity contribution < 1.29 is 0 Å². The maximum atomic E-state index is 2.67. The van der Waals surface area contributed by atoms with Crippen molar-refractivity contribution in [1.82, 2.24) is 4.57 Å². The summed E-state index contributed by atoms with van der Waals surface area (Å²) in [5, 5.41) is 4.18. The maximum Gasteiger partial charge on any atom is 0.264 e. The van der Waals surface area contributed by atoms with Crippen molar-refractivity contribution in [3.05, 3.63) is 185 Å². The van der Waals surface area contributed by atoms with Gasteiger partial charge in [-0.15, -0.1) is 11.3 Å². The van der Waals surface area contributed by atoms with Crippen LogP contribution < -0.4 is 25.5 Å². The third-order valence-corrected chi connectivity index (χ3v) is 18.7. The van der Waals surface area contributed by atoms with Gasteiger partial charge in [0.1, 0.15) is 0 Å². The first-order valence-electron chi connectivity index (χ1n) is 27.2. The van der Waals surface area contributed by atoms with Gasteiger partial charge in [-0.25, -0.2) is 0 Å². The molecule has 74 heavy (non-hydrogen) atoms. The molecule has 0 N–H and O–H groups in total. The number of aryl methyl sites for hydroxylation is 3. The largest absolute Gasteiger partial charge is 0.335 e. The molecule has 5 heteroatoms. The molecule has 4 heterocycles. The lowest BCUT2D eigenvalue weighted by Crippen LogP contribution is -2.60. The Labute approximate surface area is 442 Å². The van der Waals surface area contributed by atoms with E-state index in [-0.39, 0.29) is 28.5 Å². The van der Waals surface area contributed by atoms with Crippen LogP contribution in [0.5, 0.6) is 0 Å². The van der Waals surface area contributed by atoms with Gasteiger partial charge in [-0.2, -0.15) is 0 Å². The van der Waals surface area contributed by atoms with E-state index in [1.807, 2.05) is 11.3 Å². The fourth-order valence-corrected chi connectivity index (χ4v) is 15.2. The van der Waals surface area contributed by atoms with Crippen molar-refractivity contribution in [2.45, 2.75) is 124 Å². The Morgan fingerprint density at radius 1 is 0.554 bits per heavy atom. The number of hydrogen-bond donors (Lipinski definition) is 0. The minimum Gasteiger partial charge on any atom is -0.335 e. The highest BCUT2D eigenvalue weighted by Gasteiger charge is 2.46. The van der Waals surface area contributed by atoms with Crippen molar-refractivity contribution >= 4 is 99.8 Å². The lowest BCUT2D eigenvalue weighted by atomic mass is 9.36. The summed E-state index contributed by atoms with van der Waals surface area (Å²) in [5.74, 6) is 0. The average Bonchev–Trinajstić information content (AvgIpc) is 4.16. The Hall–Kier alpha value is -6.82. The Balaban J connectivity index is 1.06. The van der Waals surface area contributed by atoms with E-state index in [1.54, 1.807) is 5.56 Å². The second-order valence-corrected chi connectivity index (χ2v) is 26.8. The molecular formula is C69H66BN3S. The monoisotopic (exact) mass is 980 g/mol. The highest BCUT2D eigenvalue weighted by molar-refractivity contribution is 7.33. The average molecular weight is 980 g/mol. The van der Waals surface area contributed by atoms with Gasteiger partial charge in [-0.05, 0) is 197 Å². The molecule has 2 aromatic heterocycles. The van der Waals surface area contributed by atoms with Crippen LogP contribution in [0.3, 0.4) is 0 Å². The van der Waals surface area contributed by atoms with Crippen LogP contribution >= 0.6 is 11.3 Å². The minimum atomic E-state index is -0.138. The number of rotatable bonds is 3. The van der Waals surface area contributed by atoms with Gasteiger partial charge in [0.15, 0.2) is 0 Å². The summed E-state index contributed by atoms with van der Waals surface area (Å²) in [6.07, 6.45) is 3.51. The Bertz CT molecular complexity index is 4050. The van der Waals surface area contributed by atoms with Gasteiger partial charge in [0.05, 0.1) is 11.2 Å². The fourth-order valence-electron chi connectivity index (χ4n) is 13.9. The molecule has 0 bridgehead atoms. The third-order valence-electron chi connectivity index (χ3n) is 17.5. The molecule has 0 fully saturated rings. The van der Waals surface area contributed by atoms with Gasteiger partial charge in [-0.1, -0.05) is 134 Å². The van der Waals surface area contributed by atoms with Gasteiger partial charge in [0.25, 0.3) is 6.71 Å². The normalized spacial score (nSPS) is 15.4. The Kier molecular flexibility index (Phi) is 9.52. The molecule has 0 unspecified atom stereocenters. The van der Waals surface area contributed by atoms with Crippen molar-refractivity contribution in [3.63, 3.8) is 0 Å². The van der Waals surface area contributed by atoms with E-state index in [0.717, 1.165) is 12.8 Å². The molecule has 4 aliphatic rings. The number of thiophene rings is 1. The summed E-state index contributed by atoms with van der Waals surface area (Å²) < 4.78 is 5.41. The second-order valence-electron chi connectivity index (χ2n) is 25.8. The molecule has 3 nitrogen and oxygen atoms in total. The summed E-state index contributed by atoms with van der Waals surface area (Å²) in [5.41, 5.74) is 27.8. The van der Waals surface area contributed by atoms with E-state index in [1.165, 1.54) is 144 Å². The van der Waals surface area contributed by atoms with Crippen LogP contribution in [0.25, 0.3) is 54.1 Å². The van der Waals surface area contributed by atoms with Crippen LogP contribution in [-0.4, -0.2) is 11.3 Å². The Morgan fingerprint density at radius 2 is 1.27 bits per heavy atom. The van der Waals surface area contributed by atoms with Crippen molar-refractivity contribution in [2.75, 3.05) is 9.80 Å². The zero-order valence-corrected chi connectivity index (χ0v) is 46.1. The number of nitrogens with zero attached hydrogens (tertiary/aromatic N) is 3. The summed E-state index contributed by atoms with van der Waals surface area (Å²) >= 11 is 2.01. The number of aromatic nitrogens is 1. The number of hydrogen-bond acceptors (Lipinski definition) is 3. The molecular weight excluding hydrogens is 914 g/mol. The van der Waals surface area contributed by atoms with Gasteiger partial charge in [0, 0.05) is 70.5 Å². The van der Waals surface area contributed by atoms with E-state index in [2.05, 4.69) is 243 Å². The van der Waals surface area contributed by atoms with E-state index >= 15 is 0 Å². The standard InChI is InChI=1S/C69H66BN3S/c1-40-33-59-63-60(34-40)72(47-19-15-18-42(35-47)43-23-30-50-49-20-13-14-22-53(49)69(11,12)54(50)36-43)64-52-37-45(67(5,6)7)27-32-61(52)74-65(64)70(63)55-38-51-57(39-58(55)71(59)46-28-25-44(26-29-46)66(2,3)4)73(68(8,9)10)56-31-24-41-17-16-21-48(41)62(51)56/h13-15,18-20,22-39H,16-17,21H2,1-12H3. The minimum absolute atomic E-state index is 0.0142. The molecule has 2 aliphatic carbocycles. The van der Waals surface area contributed by atoms with Crippen LogP contribution in [0.4, 0.5) is 34.1 Å². The highest BCUT2D eigenvalue weighted by atomic mass is 32.1. The summed E-state index contributed by atoms with van der Waals surface area (Å²) in [7, 11) is 0. The van der Waals surface area contributed by atoms with Crippen LogP contribution in [0.15, 0.2) is 146 Å². The maximum absolute atomic E-state index is 2.67. The van der Waals surface area contributed by atoms with E-state index in [9.17, 15) is 0 Å². The molecule has 14 rings (SSSR count). The zero-order chi connectivity index (χ0) is 51.1. The molecule has 0 spiro atoms. The van der Waals surface area contributed by atoms with Crippen LogP contribution in [-0.2, 0) is 34.6 Å². The highest BCUT2D eigenvalue weighted by Crippen LogP contribution is 2.53. The molecule has 0 saturated heterocycles. The molecule has 8 aromatic carbocycles. The molecule has 0 amide bonds. The molecule has 366 valence electrons. The SMILES string of the molecule is Cc1cc2c3c(c1)N(c1cccc(-c4ccc5c(c4)C(C)(C)c4ccccc4-5)c1)c1c(sc4ccc(C(C)(C)C)cc14)B3c1cc3c4c5c(ccc4n(C(C)(C)C)c3cc1N2c1ccc(C(C)(C)C)cc1)CCC5. The van der Waals surface area contributed by atoms with E-state index in [0.29, 0.717) is 0 Å². The van der Waals surface area contributed by atoms with Crippen LogP contribution in [0.1, 0.15) is 122 Å². The number of anilines is 6. The fraction of sp³-hybridized carbons (Fsp3) is 0.275. The smallest absolute Gasteiger partial charge is 0.264 e. The predicted octanol–water partition coefficient (Wildman–Crippen LogP) is 17.2. The summed E-state index contributed by atoms with van der Waals surface area (Å²) in [4.78, 5) is 5.30. The Morgan fingerprint density at radius 3 is 2.03 bits per heavy atom. The molecule has 0 radical (unpaired) electrons. The molecule has 0 saturated carbocycles.